The van der Waals surface area contributed by atoms with Crippen LogP contribution < -0.4 is 11.1 Å². The minimum Gasteiger partial charge on any atom is -0.390 e. The van der Waals surface area contributed by atoms with Crippen LogP contribution in [0.5, 0.6) is 0 Å². The monoisotopic (exact) mass is 260 g/mol. The summed E-state index contributed by atoms with van der Waals surface area (Å²) in [6.07, 6.45) is 2.81. The second-order valence-electron chi connectivity index (χ2n) is 4.38. The standard InChI is InChI=1S/C13H16N4O2/c14-8-15-11-3-1-10(2-4-11)13(19)16-12-5-6-17(7-12)9-18/h1-4,8-9,12H,5-7H2,(H2,14,15)(H,16,19). The zero-order chi connectivity index (χ0) is 13.7. The normalized spacial score (nSPS) is 18.7. The molecule has 0 aliphatic carbocycles. The minimum absolute atomic E-state index is 0.0273. The molecular formula is C13H16N4O2. The number of carbonyl (C=O) groups is 2. The van der Waals surface area contributed by atoms with E-state index in [1.54, 1.807) is 29.2 Å². The van der Waals surface area contributed by atoms with Crippen LogP contribution in [0, 0.1) is 0 Å². The average molecular weight is 260 g/mol. The minimum atomic E-state index is -0.138. The molecule has 3 N–H and O–H groups in total. The number of hydrogen-bond acceptors (Lipinski definition) is 3. The maximum absolute atomic E-state index is 12.0. The molecule has 0 saturated carbocycles. The van der Waals surface area contributed by atoms with E-state index >= 15 is 0 Å². The molecule has 6 heteroatoms. The summed E-state index contributed by atoms with van der Waals surface area (Å²) in [4.78, 5) is 28.1. The summed E-state index contributed by atoms with van der Waals surface area (Å²) in [5.74, 6) is -0.138. The van der Waals surface area contributed by atoms with Gasteiger partial charge in [0.05, 0.1) is 12.0 Å². The first-order valence-electron chi connectivity index (χ1n) is 6.07. The number of nitrogens with two attached hydrogens (primary N) is 1. The lowest BCUT2D eigenvalue weighted by molar-refractivity contribution is -0.117. The van der Waals surface area contributed by atoms with Gasteiger partial charge in [0.1, 0.15) is 0 Å². The molecule has 1 aliphatic heterocycles. The lowest BCUT2D eigenvalue weighted by Crippen LogP contribution is -2.36. The zero-order valence-corrected chi connectivity index (χ0v) is 10.5. The third-order valence-corrected chi connectivity index (χ3v) is 3.06. The molecule has 1 atom stereocenters. The highest BCUT2D eigenvalue weighted by Crippen LogP contribution is 2.13. The van der Waals surface area contributed by atoms with Crippen LogP contribution >= 0.6 is 0 Å². The molecule has 19 heavy (non-hydrogen) atoms. The highest BCUT2D eigenvalue weighted by atomic mass is 16.2. The molecule has 1 aromatic rings. The Labute approximate surface area is 111 Å². The molecule has 6 nitrogen and oxygen atoms in total. The summed E-state index contributed by atoms with van der Waals surface area (Å²) in [7, 11) is 0. The number of carbonyl (C=O) groups excluding carboxylic acids is 2. The van der Waals surface area contributed by atoms with Gasteiger partial charge in [-0.2, -0.15) is 0 Å². The van der Waals surface area contributed by atoms with Crippen molar-refractivity contribution in [2.24, 2.45) is 10.7 Å². The fourth-order valence-electron chi connectivity index (χ4n) is 2.05. The molecule has 1 aliphatic rings. The van der Waals surface area contributed by atoms with Crippen molar-refractivity contribution in [3.63, 3.8) is 0 Å². The summed E-state index contributed by atoms with van der Waals surface area (Å²) in [5, 5.41) is 2.91. The Morgan fingerprint density at radius 2 is 2.16 bits per heavy atom. The van der Waals surface area contributed by atoms with Crippen LogP contribution in [0.25, 0.3) is 0 Å². The van der Waals surface area contributed by atoms with Crippen LogP contribution in [-0.4, -0.2) is 42.7 Å². The quantitative estimate of drug-likeness (QED) is 0.462. The van der Waals surface area contributed by atoms with Crippen molar-refractivity contribution in [1.82, 2.24) is 10.2 Å². The highest BCUT2D eigenvalue weighted by Gasteiger charge is 2.22. The lowest BCUT2D eigenvalue weighted by atomic mass is 10.1. The van der Waals surface area contributed by atoms with Crippen molar-refractivity contribution >= 4 is 24.3 Å². The fraction of sp³-hybridized carbons (Fsp3) is 0.308. The molecule has 1 fully saturated rings. The number of aliphatic imine (C=N–C) groups is 1. The molecular weight excluding hydrogens is 244 g/mol. The summed E-state index contributed by atoms with van der Waals surface area (Å²) in [6, 6.07) is 6.88. The Balaban J connectivity index is 1.94. The molecule has 0 spiro atoms. The van der Waals surface area contributed by atoms with Crippen molar-refractivity contribution in [3.8, 4) is 0 Å². The van der Waals surface area contributed by atoms with Crippen LogP contribution in [0.1, 0.15) is 16.8 Å². The van der Waals surface area contributed by atoms with Crippen molar-refractivity contribution in [2.75, 3.05) is 13.1 Å². The Kier molecular flexibility index (Phi) is 4.12. The van der Waals surface area contributed by atoms with E-state index in [1.807, 2.05) is 0 Å². The van der Waals surface area contributed by atoms with Gasteiger partial charge in [0.25, 0.3) is 5.91 Å². The Hall–Kier alpha value is -2.37. The Bertz CT molecular complexity index is 484. The molecule has 2 amide bonds. The molecule has 1 aromatic carbocycles. The van der Waals surface area contributed by atoms with E-state index in [9.17, 15) is 9.59 Å². The first-order chi connectivity index (χ1) is 9.22. The lowest BCUT2D eigenvalue weighted by Gasteiger charge is -2.12. The van der Waals surface area contributed by atoms with Crippen molar-refractivity contribution < 1.29 is 9.59 Å². The van der Waals surface area contributed by atoms with E-state index in [-0.39, 0.29) is 11.9 Å². The van der Waals surface area contributed by atoms with Gasteiger partial charge in [-0.25, -0.2) is 4.99 Å². The van der Waals surface area contributed by atoms with Crippen molar-refractivity contribution in [2.45, 2.75) is 12.5 Å². The van der Waals surface area contributed by atoms with E-state index in [2.05, 4.69) is 10.3 Å². The summed E-state index contributed by atoms with van der Waals surface area (Å²) < 4.78 is 0. The fourth-order valence-corrected chi connectivity index (χ4v) is 2.05. The SMILES string of the molecule is NC=Nc1ccc(C(=O)NC2CCN(C=O)C2)cc1. The maximum atomic E-state index is 12.0. The first kappa shape index (κ1) is 13.1. The maximum Gasteiger partial charge on any atom is 0.251 e. The second kappa shape index (κ2) is 5.99. The van der Waals surface area contributed by atoms with Crippen LogP contribution in [0.15, 0.2) is 29.3 Å². The summed E-state index contributed by atoms with van der Waals surface area (Å²) in [5.41, 5.74) is 6.46. The Morgan fingerprint density at radius 3 is 2.74 bits per heavy atom. The smallest absolute Gasteiger partial charge is 0.251 e. The van der Waals surface area contributed by atoms with Gasteiger partial charge in [-0.05, 0) is 30.7 Å². The molecule has 1 heterocycles. The van der Waals surface area contributed by atoms with E-state index in [0.717, 1.165) is 12.8 Å². The van der Waals surface area contributed by atoms with Gasteiger partial charge in [0.15, 0.2) is 0 Å². The van der Waals surface area contributed by atoms with Crippen LogP contribution in [0.4, 0.5) is 5.69 Å². The van der Waals surface area contributed by atoms with E-state index in [0.29, 0.717) is 24.3 Å². The van der Waals surface area contributed by atoms with Gasteiger partial charge in [0, 0.05) is 24.7 Å². The van der Waals surface area contributed by atoms with Gasteiger partial charge in [-0.3, -0.25) is 9.59 Å². The first-order valence-corrected chi connectivity index (χ1v) is 6.07. The third-order valence-electron chi connectivity index (χ3n) is 3.06. The van der Waals surface area contributed by atoms with Gasteiger partial charge in [-0.1, -0.05) is 0 Å². The van der Waals surface area contributed by atoms with Crippen molar-refractivity contribution in [1.29, 1.82) is 0 Å². The number of nitrogens with zero attached hydrogens (tertiary/aromatic N) is 2. The van der Waals surface area contributed by atoms with E-state index in [1.165, 1.54) is 6.34 Å². The number of nitrogens with one attached hydrogen (secondary N) is 1. The molecule has 0 radical (unpaired) electrons. The number of rotatable bonds is 4. The van der Waals surface area contributed by atoms with Crippen LogP contribution in [-0.2, 0) is 4.79 Å². The molecule has 2 rings (SSSR count). The van der Waals surface area contributed by atoms with Gasteiger partial charge >= 0.3 is 0 Å². The van der Waals surface area contributed by atoms with Crippen LogP contribution in [0.2, 0.25) is 0 Å². The predicted molar refractivity (Wildman–Crippen MR) is 72.3 cm³/mol. The summed E-state index contributed by atoms with van der Waals surface area (Å²) >= 11 is 0. The second-order valence-corrected chi connectivity index (χ2v) is 4.38. The highest BCUT2D eigenvalue weighted by molar-refractivity contribution is 5.94. The van der Waals surface area contributed by atoms with Gasteiger partial charge in [-0.15, -0.1) is 0 Å². The number of likely N-dealkylation sites (tertiary alicyclic amines) is 1. The Morgan fingerprint density at radius 1 is 1.42 bits per heavy atom. The molecule has 1 unspecified atom stereocenters. The van der Waals surface area contributed by atoms with E-state index < -0.39 is 0 Å². The number of benzene rings is 1. The largest absolute Gasteiger partial charge is 0.390 e. The molecule has 100 valence electrons. The topological polar surface area (TPSA) is 87.8 Å². The predicted octanol–water partition coefficient (Wildman–Crippen LogP) is 0.266. The summed E-state index contributed by atoms with van der Waals surface area (Å²) in [6.45, 7) is 1.27. The van der Waals surface area contributed by atoms with E-state index in [4.69, 9.17) is 5.73 Å². The molecule has 1 saturated heterocycles. The van der Waals surface area contributed by atoms with Gasteiger partial charge in [0.2, 0.25) is 6.41 Å². The van der Waals surface area contributed by atoms with Crippen LogP contribution in [0.3, 0.4) is 0 Å². The molecule has 0 aromatic heterocycles. The number of hydrogen-bond donors (Lipinski definition) is 2. The molecule has 0 bridgehead atoms. The van der Waals surface area contributed by atoms with Gasteiger partial charge < -0.3 is 16.0 Å². The zero-order valence-electron chi connectivity index (χ0n) is 10.5. The number of amides is 2. The third kappa shape index (κ3) is 3.31. The van der Waals surface area contributed by atoms with Crippen molar-refractivity contribution in [3.05, 3.63) is 29.8 Å². The average Bonchev–Trinajstić information content (AvgIpc) is 2.87.